The minimum Gasteiger partial charge on any atom is -0.371 e. The molecule has 2 atom stereocenters. The molecule has 0 spiro atoms. The summed E-state index contributed by atoms with van der Waals surface area (Å²) >= 11 is 0. The van der Waals surface area contributed by atoms with Gasteiger partial charge in [-0.25, -0.2) is 0 Å². The van der Waals surface area contributed by atoms with Gasteiger partial charge in [-0.05, 0) is 37.0 Å². The zero-order valence-corrected chi connectivity index (χ0v) is 9.39. The Kier molecular flexibility index (Phi) is 1.99. The van der Waals surface area contributed by atoms with E-state index in [-0.39, 0.29) is 5.60 Å². The number of fused-ring (bicyclic) bond motifs is 2. The summed E-state index contributed by atoms with van der Waals surface area (Å²) in [5, 5.41) is 0. The Labute approximate surface area is 81.9 Å². The van der Waals surface area contributed by atoms with Crippen molar-refractivity contribution in [1.82, 2.24) is 0 Å². The van der Waals surface area contributed by atoms with E-state index >= 15 is 0 Å². The van der Waals surface area contributed by atoms with Gasteiger partial charge >= 0.3 is 0 Å². The van der Waals surface area contributed by atoms with E-state index < -0.39 is 0 Å². The van der Waals surface area contributed by atoms with E-state index in [4.69, 9.17) is 4.74 Å². The van der Waals surface area contributed by atoms with Gasteiger partial charge < -0.3 is 4.74 Å². The molecule has 1 heteroatoms. The molecule has 2 rings (SSSR count). The highest BCUT2D eigenvalue weighted by atomic mass is 16.5. The van der Waals surface area contributed by atoms with Crippen LogP contribution in [0.25, 0.3) is 0 Å². The first-order chi connectivity index (χ1) is 5.94. The molecule has 0 N–H and O–H groups in total. The highest BCUT2D eigenvalue weighted by molar-refractivity contribution is 5.00. The van der Waals surface area contributed by atoms with Gasteiger partial charge in [0.1, 0.15) is 0 Å². The van der Waals surface area contributed by atoms with Gasteiger partial charge in [-0.2, -0.15) is 0 Å². The normalized spacial score (nSPS) is 42.7. The lowest BCUT2D eigenvalue weighted by atomic mass is 9.72. The van der Waals surface area contributed by atoms with Crippen LogP contribution in [0.15, 0.2) is 0 Å². The van der Waals surface area contributed by atoms with Gasteiger partial charge in [0, 0.05) is 0 Å². The molecule has 2 aliphatic heterocycles. The topological polar surface area (TPSA) is 9.23 Å². The molecule has 13 heavy (non-hydrogen) atoms. The minimum absolute atomic E-state index is 0.229. The van der Waals surface area contributed by atoms with Gasteiger partial charge in [0.05, 0.1) is 11.7 Å². The summed E-state index contributed by atoms with van der Waals surface area (Å²) in [5.41, 5.74) is 0.732. The Hall–Kier alpha value is -0.0400. The van der Waals surface area contributed by atoms with Gasteiger partial charge in [-0.15, -0.1) is 0 Å². The summed E-state index contributed by atoms with van der Waals surface area (Å²) in [5.74, 6) is 0.678. The Bertz CT molecular complexity index is 207. The van der Waals surface area contributed by atoms with Crippen LogP contribution in [0.2, 0.25) is 0 Å². The molecule has 2 aliphatic rings. The summed E-state index contributed by atoms with van der Waals surface area (Å²) in [6, 6.07) is 0. The van der Waals surface area contributed by atoms with E-state index in [1.54, 1.807) is 0 Å². The maximum Gasteiger partial charge on any atom is 0.0715 e. The molecule has 2 unspecified atom stereocenters. The summed E-state index contributed by atoms with van der Waals surface area (Å²) < 4.78 is 6.18. The minimum atomic E-state index is 0.229. The average Bonchev–Trinajstić information content (AvgIpc) is 2.26. The molecule has 2 fully saturated rings. The second-order valence-corrected chi connectivity index (χ2v) is 6.04. The van der Waals surface area contributed by atoms with E-state index in [1.807, 2.05) is 0 Å². The predicted octanol–water partition coefficient (Wildman–Crippen LogP) is 3.38. The average molecular weight is 182 g/mol. The first-order valence-electron chi connectivity index (χ1n) is 5.61. The van der Waals surface area contributed by atoms with Crippen LogP contribution in [-0.2, 0) is 4.74 Å². The second-order valence-electron chi connectivity index (χ2n) is 6.04. The van der Waals surface area contributed by atoms with Crippen LogP contribution in [0.5, 0.6) is 0 Å². The maximum atomic E-state index is 6.18. The lowest BCUT2D eigenvalue weighted by molar-refractivity contribution is -0.141. The van der Waals surface area contributed by atoms with Crippen LogP contribution in [0.4, 0.5) is 0 Å². The zero-order chi connectivity index (χ0) is 9.69. The molecular formula is C12H22O. The van der Waals surface area contributed by atoms with Crippen LogP contribution < -0.4 is 0 Å². The molecule has 76 valence electrons. The third-order valence-corrected chi connectivity index (χ3v) is 3.90. The van der Waals surface area contributed by atoms with Crippen molar-refractivity contribution in [1.29, 1.82) is 0 Å². The van der Waals surface area contributed by atoms with Crippen molar-refractivity contribution in [3.8, 4) is 0 Å². The molecule has 0 amide bonds. The van der Waals surface area contributed by atoms with Crippen LogP contribution >= 0.6 is 0 Å². The second kappa shape index (κ2) is 2.73. The Morgan fingerprint density at radius 3 is 2.62 bits per heavy atom. The van der Waals surface area contributed by atoms with Crippen molar-refractivity contribution < 1.29 is 4.74 Å². The summed E-state index contributed by atoms with van der Waals surface area (Å²) in [6.45, 7) is 9.41. The number of ether oxygens (including phenoxy) is 1. The lowest BCUT2D eigenvalue weighted by Crippen LogP contribution is -2.44. The number of rotatable bonds is 1. The van der Waals surface area contributed by atoms with Gasteiger partial charge in [-0.3, -0.25) is 0 Å². The summed E-state index contributed by atoms with van der Waals surface area (Å²) in [4.78, 5) is 0. The smallest absolute Gasteiger partial charge is 0.0715 e. The fourth-order valence-electron chi connectivity index (χ4n) is 3.26. The molecule has 0 radical (unpaired) electrons. The van der Waals surface area contributed by atoms with Crippen molar-refractivity contribution in [2.24, 2.45) is 11.3 Å². The third-order valence-electron chi connectivity index (χ3n) is 3.90. The van der Waals surface area contributed by atoms with Crippen LogP contribution in [0.1, 0.15) is 53.4 Å². The molecule has 2 saturated heterocycles. The van der Waals surface area contributed by atoms with Crippen LogP contribution in [0, 0.1) is 11.3 Å². The molecule has 0 aromatic carbocycles. The van der Waals surface area contributed by atoms with Crippen molar-refractivity contribution in [2.45, 2.75) is 65.1 Å². The third kappa shape index (κ3) is 1.52. The quantitative estimate of drug-likeness (QED) is 0.604. The van der Waals surface area contributed by atoms with Gasteiger partial charge in [0.25, 0.3) is 0 Å². The molecule has 1 nitrogen and oxygen atoms in total. The highest BCUT2D eigenvalue weighted by Crippen LogP contribution is 2.52. The maximum absolute atomic E-state index is 6.18. The summed E-state index contributed by atoms with van der Waals surface area (Å²) in [6.07, 6.45) is 5.67. The Morgan fingerprint density at radius 1 is 1.31 bits per heavy atom. The van der Waals surface area contributed by atoms with Crippen molar-refractivity contribution >= 4 is 0 Å². The lowest BCUT2D eigenvalue weighted by Gasteiger charge is -2.45. The first kappa shape index (κ1) is 9.51. The fourth-order valence-corrected chi connectivity index (χ4v) is 3.26. The number of hydrogen-bond acceptors (Lipinski definition) is 1. The highest BCUT2D eigenvalue weighted by Gasteiger charge is 2.51. The van der Waals surface area contributed by atoms with Crippen molar-refractivity contribution in [2.75, 3.05) is 0 Å². The van der Waals surface area contributed by atoms with Gasteiger partial charge in [0.15, 0.2) is 0 Å². The van der Waals surface area contributed by atoms with Crippen LogP contribution in [0.3, 0.4) is 0 Å². The first-order valence-corrected chi connectivity index (χ1v) is 5.61. The Balaban J connectivity index is 2.22. The molecule has 0 saturated carbocycles. The molecular weight excluding hydrogens is 160 g/mol. The van der Waals surface area contributed by atoms with Gasteiger partial charge in [0.2, 0.25) is 0 Å². The standard InChI is InChI=1S/C12H22O/c1-9(2)12-6-5-10(13-12)7-11(3,4)8-12/h9-10H,5-8H2,1-4H3. The zero-order valence-electron chi connectivity index (χ0n) is 9.39. The Morgan fingerprint density at radius 2 is 2.00 bits per heavy atom. The monoisotopic (exact) mass is 182 g/mol. The largest absolute Gasteiger partial charge is 0.371 e. The van der Waals surface area contributed by atoms with Crippen molar-refractivity contribution in [3.05, 3.63) is 0 Å². The molecule has 0 aliphatic carbocycles. The number of hydrogen-bond donors (Lipinski definition) is 0. The van der Waals surface area contributed by atoms with E-state index in [9.17, 15) is 0 Å². The summed E-state index contributed by atoms with van der Waals surface area (Å²) in [7, 11) is 0. The van der Waals surface area contributed by atoms with Crippen molar-refractivity contribution in [3.63, 3.8) is 0 Å². The molecule has 0 aromatic heterocycles. The van der Waals surface area contributed by atoms with Crippen LogP contribution in [-0.4, -0.2) is 11.7 Å². The SMILES string of the molecule is CC(C)C12CCC(CC(C)(C)C1)O2. The van der Waals surface area contributed by atoms with E-state index in [2.05, 4.69) is 27.7 Å². The van der Waals surface area contributed by atoms with E-state index in [0.29, 0.717) is 17.4 Å². The predicted molar refractivity (Wildman–Crippen MR) is 54.7 cm³/mol. The fraction of sp³-hybridized carbons (Fsp3) is 1.00. The van der Waals surface area contributed by atoms with Gasteiger partial charge in [-0.1, -0.05) is 27.7 Å². The molecule has 0 aromatic rings. The van der Waals surface area contributed by atoms with E-state index in [0.717, 1.165) is 0 Å². The molecule has 2 heterocycles. The molecule has 2 bridgehead atoms. The van der Waals surface area contributed by atoms with E-state index in [1.165, 1.54) is 25.7 Å².